The van der Waals surface area contributed by atoms with Crippen molar-refractivity contribution in [1.82, 2.24) is 24.1 Å². The fourth-order valence-electron chi connectivity index (χ4n) is 3.88. The topological polar surface area (TPSA) is 48.0 Å². The minimum absolute atomic E-state index is 0.247. The Bertz CT molecular complexity index is 1540. The summed E-state index contributed by atoms with van der Waals surface area (Å²) < 4.78 is 43.2. The van der Waals surface area contributed by atoms with Crippen LogP contribution in [0.25, 0.3) is 39.3 Å². The summed E-state index contributed by atoms with van der Waals surface area (Å²) in [5.74, 6) is 1.21. The van der Waals surface area contributed by atoms with Crippen LogP contribution in [0.4, 0.5) is 13.2 Å². The van der Waals surface area contributed by atoms with Crippen molar-refractivity contribution < 1.29 is 13.2 Å². The lowest BCUT2D eigenvalue weighted by Crippen LogP contribution is -2.04. The zero-order valence-corrected chi connectivity index (χ0v) is 20.2. The highest BCUT2D eigenvalue weighted by Crippen LogP contribution is 2.38. The molecule has 0 atom stereocenters. The maximum atomic E-state index is 13.3. The largest absolute Gasteiger partial charge is 0.416 e. The fraction of sp³-hybridized carbons (Fsp3) is 0.174. The van der Waals surface area contributed by atoms with Gasteiger partial charge in [0.05, 0.1) is 27.9 Å². The van der Waals surface area contributed by atoms with E-state index in [1.54, 1.807) is 46.6 Å². The molecule has 0 N–H and O–H groups in total. The number of benzene rings is 2. The lowest BCUT2D eigenvalue weighted by molar-refractivity contribution is -0.137. The molecule has 3 aromatic heterocycles. The Kier molecular flexibility index (Phi) is 5.74. The van der Waals surface area contributed by atoms with Gasteiger partial charge in [-0.1, -0.05) is 30.1 Å². The highest BCUT2D eigenvalue weighted by molar-refractivity contribution is 7.99. The Morgan fingerprint density at radius 2 is 1.76 bits per heavy atom. The van der Waals surface area contributed by atoms with Crippen molar-refractivity contribution >= 4 is 51.6 Å². The second-order valence-corrected chi connectivity index (χ2v) is 9.66. The van der Waals surface area contributed by atoms with E-state index >= 15 is 0 Å². The average molecular weight is 522 g/mol. The van der Waals surface area contributed by atoms with Crippen LogP contribution < -0.4 is 0 Å². The van der Waals surface area contributed by atoms with E-state index in [1.165, 1.54) is 17.8 Å². The van der Waals surface area contributed by atoms with Crippen molar-refractivity contribution in [3.05, 3.63) is 64.3 Å². The maximum absolute atomic E-state index is 13.3. The molecular weight excluding hydrogens is 506 g/mol. The summed E-state index contributed by atoms with van der Waals surface area (Å²) in [6.45, 7) is 1.99. The lowest BCUT2D eigenvalue weighted by Gasteiger charge is -2.07. The van der Waals surface area contributed by atoms with Gasteiger partial charge in [0, 0.05) is 28.9 Å². The normalized spacial score (nSPS) is 12.2. The first-order valence-corrected chi connectivity index (χ1v) is 11.9. The Morgan fingerprint density at radius 1 is 1.03 bits per heavy atom. The van der Waals surface area contributed by atoms with Gasteiger partial charge in [-0.05, 0) is 48.2 Å². The van der Waals surface area contributed by atoms with E-state index in [9.17, 15) is 13.2 Å². The third kappa shape index (κ3) is 3.91. The quantitative estimate of drug-likeness (QED) is 0.231. The standard InChI is InChI=1S/C23H16Cl2F3N5S/c1-3-34-22-19(21-30-16-10-13(23(26,27)28)4-5-18(16)32(21)2)20-29-7-6-17(33(20)31-22)12-8-14(24)11-15(25)9-12/h4-11H,3H2,1-2H3. The number of thioether (sulfide) groups is 1. The number of rotatable bonds is 4. The Morgan fingerprint density at radius 3 is 2.44 bits per heavy atom. The van der Waals surface area contributed by atoms with Gasteiger partial charge in [0.15, 0.2) is 5.65 Å². The van der Waals surface area contributed by atoms with Gasteiger partial charge in [0.1, 0.15) is 10.9 Å². The summed E-state index contributed by atoms with van der Waals surface area (Å²) in [6.07, 6.45) is -2.80. The highest BCUT2D eigenvalue weighted by Gasteiger charge is 2.31. The molecule has 0 aliphatic heterocycles. The van der Waals surface area contributed by atoms with Gasteiger partial charge >= 0.3 is 6.18 Å². The predicted molar refractivity (Wildman–Crippen MR) is 130 cm³/mol. The lowest BCUT2D eigenvalue weighted by atomic mass is 10.1. The van der Waals surface area contributed by atoms with Crippen LogP contribution in [0.15, 0.2) is 53.7 Å². The van der Waals surface area contributed by atoms with Crippen molar-refractivity contribution in [2.75, 3.05) is 5.75 Å². The first-order valence-electron chi connectivity index (χ1n) is 10.2. The first-order chi connectivity index (χ1) is 16.2. The summed E-state index contributed by atoms with van der Waals surface area (Å²) >= 11 is 13.9. The molecule has 5 rings (SSSR count). The average Bonchev–Trinajstić information content (AvgIpc) is 3.29. The second-order valence-electron chi connectivity index (χ2n) is 7.53. The van der Waals surface area contributed by atoms with E-state index in [4.69, 9.17) is 28.3 Å². The number of aryl methyl sites for hydroxylation is 1. The van der Waals surface area contributed by atoms with E-state index < -0.39 is 11.7 Å². The molecule has 2 aromatic carbocycles. The summed E-state index contributed by atoms with van der Waals surface area (Å²) in [5.41, 5.74) is 2.73. The summed E-state index contributed by atoms with van der Waals surface area (Å²) in [4.78, 5) is 9.11. The van der Waals surface area contributed by atoms with Gasteiger partial charge in [-0.3, -0.25) is 0 Å². The molecule has 174 valence electrons. The van der Waals surface area contributed by atoms with Crippen LogP contribution in [-0.4, -0.2) is 29.9 Å². The SMILES string of the molecule is CCSc1nn2c(-c3cc(Cl)cc(Cl)c3)ccnc2c1-c1nc2cc(C(F)(F)F)ccc2n1C. The number of nitrogens with zero attached hydrogens (tertiary/aromatic N) is 5. The van der Waals surface area contributed by atoms with Crippen LogP contribution in [0.1, 0.15) is 12.5 Å². The van der Waals surface area contributed by atoms with Crippen LogP contribution in [-0.2, 0) is 13.2 Å². The maximum Gasteiger partial charge on any atom is 0.416 e. The monoisotopic (exact) mass is 521 g/mol. The second kappa shape index (κ2) is 8.48. The molecule has 0 unspecified atom stereocenters. The summed E-state index contributed by atoms with van der Waals surface area (Å²) in [6, 6.07) is 10.6. The van der Waals surface area contributed by atoms with Crippen molar-refractivity contribution in [3.63, 3.8) is 0 Å². The van der Waals surface area contributed by atoms with Crippen molar-refractivity contribution in [1.29, 1.82) is 0 Å². The highest BCUT2D eigenvalue weighted by atomic mass is 35.5. The molecular formula is C23H16Cl2F3N5S. The third-order valence-corrected chi connectivity index (χ3v) is 6.64. The number of hydrogen-bond donors (Lipinski definition) is 0. The summed E-state index contributed by atoms with van der Waals surface area (Å²) in [7, 11) is 1.77. The third-order valence-electron chi connectivity index (χ3n) is 5.36. The van der Waals surface area contributed by atoms with Gasteiger partial charge < -0.3 is 4.57 Å². The van der Waals surface area contributed by atoms with Gasteiger partial charge in [-0.15, -0.1) is 11.8 Å². The van der Waals surface area contributed by atoms with Gasteiger partial charge in [-0.2, -0.15) is 18.3 Å². The van der Waals surface area contributed by atoms with Crippen LogP contribution >= 0.6 is 35.0 Å². The number of hydrogen-bond acceptors (Lipinski definition) is 4. The Hall–Kier alpha value is -2.75. The van der Waals surface area contributed by atoms with Gasteiger partial charge in [0.25, 0.3) is 0 Å². The minimum Gasteiger partial charge on any atom is -0.327 e. The smallest absolute Gasteiger partial charge is 0.327 e. The van der Waals surface area contributed by atoms with Crippen molar-refractivity contribution in [3.8, 4) is 22.6 Å². The van der Waals surface area contributed by atoms with Gasteiger partial charge in [-0.25, -0.2) is 14.5 Å². The molecule has 5 nitrogen and oxygen atoms in total. The molecule has 0 spiro atoms. The molecule has 0 amide bonds. The number of halogens is 5. The number of imidazole rings is 1. The molecule has 5 aromatic rings. The number of alkyl halides is 3. The molecule has 0 aliphatic carbocycles. The molecule has 11 heteroatoms. The molecule has 0 radical (unpaired) electrons. The molecule has 0 aliphatic rings. The molecule has 0 fully saturated rings. The minimum atomic E-state index is -4.45. The molecule has 0 saturated heterocycles. The van der Waals surface area contributed by atoms with Crippen LogP contribution in [0.2, 0.25) is 10.0 Å². The van der Waals surface area contributed by atoms with Crippen LogP contribution in [0.3, 0.4) is 0 Å². The van der Waals surface area contributed by atoms with E-state index in [2.05, 4.69) is 9.97 Å². The Labute approximate surface area is 206 Å². The zero-order valence-electron chi connectivity index (χ0n) is 17.9. The van der Waals surface area contributed by atoms with E-state index in [1.807, 2.05) is 6.92 Å². The Balaban J connectivity index is 1.78. The van der Waals surface area contributed by atoms with E-state index in [0.717, 1.165) is 29.1 Å². The van der Waals surface area contributed by atoms with Crippen molar-refractivity contribution in [2.45, 2.75) is 18.1 Å². The van der Waals surface area contributed by atoms with Crippen molar-refractivity contribution in [2.24, 2.45) is 7.05 Å². The van der Waals surface area contributed by atoms with Crippen LogP contribution in [0, 0.1) is 0 Å². The molecule has 0 saturated carbocycles. The fourth-order valence-corrected chi connectivity index (χ4v) is 5.15. The first kappa shape index (κ1) is 23.0. The number of aromatic nitrogens is 5. The van der Waals surface area contributed by atoms with E-state index in [0.29, 0.717) is 37.6 Å². The zero-order chi connectivity index (χ0) is 24.2. The summed E-state index contributed by atoms with van der Waals surface area (Å²) in [5, 5.41) is 6.42. The van der Waals surface area contributed by atoms with E-state index in [-0.39, 0.29) is 5.52 Å². The number of fused-ring (bicyclic) bond motifs is 2. The molecule has 34 heavy (non-hydrogen) atoms. The molecule has 3 heterocycles. The molecule has 0 bridgehead atoms. The van der Waals surface area contributed by atoms with Gasteiger partial charge in [0.2, 0.25) is 0 Å². The van der Waals surface area contributed by atoms with Crippen LogP contribution in [0.5, 0.6) is 0 Å². The predicted octanol–water partition coefficient (Wildman–Crippen LogP) is 7.39.